The van der Waals surface area contributed by atoms with Crippen molar-refractivity contribution in [1.29, 1.82) is 0 Å². The second kappa shape index (κ2) is 10.2. The highest BCUT2D eigenvalue weighted by molar-refractivity contribution is 9.10. The molecule has 0 bridgehead atoms. The zero-order valence-electron chi connectivity index (χ0n) is 18.7. The molecule has 0 spiro atoms. The molecule has 1 aliphatic heterocycles. The molecule has 0 unspecified atom stereocenters. The lowest BCUT2D eigenvalue weighted by Gasteiger charge is -2.26. The second-order valence-electron chi connectivity index (χ2n) is 7.95. The molecule has 6 nitrogen and oxygen atoms in total. The molecule has 4 amide bonds. The summed E-state index contributed by atoms with van der Waals surface area (Å²) >= 11 is 15.5. The van der Waals surface area contributed by atoms with Crippen LogP contribution in [-0.4, -0.2) is 17.8 Å². The van der Waals surface area contributed by atoms with Crippen molar-refractivity contribution in [3.63, 3.8) is 0 Å². The number of amides is 4. The minimum absolute atomic E-state index is 0.174. The maximum absolute atomic E-state index is 13.1. The Labute approximate surface area is 220 Å². The Morgan fingerprint density at radius 3 is 2.40 bits per heavy atom. The predicted molar refractivity (Wildman–Crippen MR) is 140 cm³/mol. The van der Waals surface area contributed by atoms with Crippen molar-refractivity contribution in [3.8, 4) is 5.75 Å². The van der Waals surface area contributed by atoms with Crippen molar-refractivity contribution in [2.24, 2.45) is 0 Å². The van der Waals surface area contributed by atoms with Crippen molar-refractivity contribution in [2.45, 2.75) is 20.5 Å². The molecule has 0 aromatic heterocycles. The van der Waals surface area contributed by atoms with Gasteiger partial charge in [0.1, 0.15) is 17.9 Å². The number of barbiturate groups is 1. The standard InChI is InChI=1S/C26H19BrCl2N2O4/c1-14-3-4-17(9-15(14)2)13-35-23-8-5-16(11-20(23)27)10-19-24(32)30-26(34)31(25(19)33)18-6-7-21(28)22(29)12-18/h3-12H,13H2,1-2H3,(H,30,32,34)/b19-10+. The summed E-state index contributed by atoms with van der Waals surface area (Å²) in [6.45, 7) is 4.50. The van der Waals surface area contributed by atoms with Crippen molar-refractivity contribution < 1.29 is 19.1 Å². The quantitative estimate of drug-likeness (QED) is 0.275. The van der Waals surface area contributed by atoms with E-state index >= 15 is 0 Å². The average Bonchev–Trinajstić information content (AvgIpc) is 2.80. The van der Waals surface area contributed by atoms with E-state index in [2.05, 4.69) is 47.2 Å². The number of halogens is 3. The summed E-state index contributed by atoms with van der Waals surface area (Å²) in [5.74, 6) is -0.955. The number of benzene rings is 3. The number of rotatable bonds is 5. The summed E-state index contributed by atoms with van der Waals surface area (Å²) < 4.78 is 6.57. The van der Waals surface area contributed by atoms with E-state index in [0.717, 1.165) is 10.5 Å². The first-order chi connectivity index (χ1) is 16.6. The van der Waals surface area contributed by atoms with E-state index in [9.17, 15) is 14.4 Å². The number of urea groups is 1. The molecule has 0 aliphatic carbocycles. The molecule has 0 radical (unpaired) electrons. The summed E-state index contributed by atoms with van der Waals surface area (Å²) in [6.07, 6.45) is 1.41. The molecule has 1 heterocycles. The molecule has 1 fully saturated rings. The van der Waals surface area contributed by atoms with Crippen molar-refractivity contribution in [1.82, 2.24) is 5.32 Å². The Morgan fingerprint density at radius 2 is 1.71 bits per heavy atom. The number of carbonyl (C=O) groups excluding carboxylic acids is 3. The molecule has 1 N–H and O–H groups in total. The Morgan fingerprint density at radius 1 is 0.943 bits per heavy atom. The Balaban J connectivity index is 1.56. The molecule has 178 valence electrons. The van der Waals surface area contributed by atoms with Gasteiger partial charge in [0, 0.05) is 0 Å². The first kappa shape index (κ1) is 25.0. The molecule has 0 atom stereocenters. The van der Waals surface area contributed by atoms with E-state index in [-0.39, 0.29) is 21.3 Å². The Bertz CT molecular complexity index is 1400. The van der Waals surface area contributed by atoms with Crippen LogP contribution in [0, 0.1) is 13.8 Å². The molecule has 0 saturated carbocycles. The minimum atomic E-state index is -0.869. The molecular formula is C26H19BrCl2N2O4. The molecule has 1 saturated heterocycles. The third-order valence-electron chi connectivity index (χ3n) is 5.50. The van der Waals surface area contributed by atoms with E-state index in [1.54, 1.807) is 18.2 Å². The summed E-state index contributed by atoms with van der Waals surface area (Å²) in [7, 11) is 0. The second-order valence-corrected chi connectivity index (χ2v) is 9.62. The van der Waals surface area contributed by atoms with Gasteiger partial charge in [-0.2, -0.15) is 0 Å². The van der Waals surface area contributed by atoms with Crippen molar-refractivity contribution in [2.75, 3.05) is 4.90 Å². The predicted octanol–water partition coefficient (Wildman–Crippen LogP) is 6.62. The number of nitrogens with one attached hydrogen (secondary N) is 1. The summed E-state index contributed by atoms with van der Waals surface area (Å²) in [5, 5.41) is 2.63. The zero-order valence-corrected chi connectivity index (χ0v) is 21.8. The molecular weight excluding hydrogens is 555 g/mol. The largest absolute Gasteiger partial charge is 0.488 e. The van der Waals surface area contributed by atoms with Crippen LogP contribution in [0.4, 0.5) is 10.5 Å². The van der Waals surface area contributed by atoms with Gasteiger partial charge in [0.15, 0.2) is 0 Å². The van der Waals surface area contributed by atoms with Gasteiger partial charge in [-0.3, -0.25) is 14.9 Å². The van der Waals surface area contributed by atoms with Gasteiger partial charge in [-0.1, -0.05) is 47.5 Å². The SMILES string of the molecule is Cc1ccc(COc2ccc(/C=C3\C(=O)NC(=O)N(c4ccc(Cl)c(Cl)c4)C3=O)cc2Br)cc1C. The fraction of sp³-hybridized carbons (Fsp3) is 0.115. The Hall–Kier alpha value is -3.13. The zero-order chi connectivity index (χ0) is 25.3. The first-order valence-electron chi connectivity index (χ1n) is 10.5. The van der Waals surface area contributed by atoms with Crippen LogP contribution in [-0.2, 0) is 16.2 Å². The summed E-state index contributed by atoms with van der Waals surface area (Å²) in [6, 6.07) is 14.8. The number of hydrogen-bond acceptors (Lipinski definition) is 4. The van der Waals surface area contributed by atoms with Crippen molar-refractivity contribution in [3.05, 3.63) is 96.9 Å². The number of ether oxygens (including phenoxy) is 1. The minimum Gasteiger partial charge on any atom is -0.488 e. The number of hydrogen-bond donors (Lipinski definition) is 1. The van der Waals surface area contributed by atoms with Gasteiger partial charge in [-0.05, 0) is 88.4 Å². The summed E-state index contributed by atoms with van der Waals surface area (Å²) in [5.41, 5.74) is 4.01. The fourth-order valence-electron chi connectivity index (χ4n) is 3.46. The lowest BCUT2D eigenvalue weighted by Crippen LogP contribution is -2.54. The third-order valence-corrected chi connectivity index (χ3v) is 6.85. The van der Waals surface area contributed by atoms with Crippen molar-refractivity contribution >= 4 is 68.7 Å². The smallest absolute Gasteiger partial charge is 0.335 e. The van der Waals surface area contributed by atoms with Crippen LogP contribution in [0.25, 0.3) is 6.08 Å². The lowest BCUT2D eigenvalue weighted by atomic mass is 10.1. The van der Waals surface area contributed by atoms with Crippen LogP contribution in [0.3, 0.4) is 0 Å². The monoisotopic (exact) mass is 572 g/mol. The first-order valence-corrected chi connectivity index (χ1v) is 12.0. The maximum atomic E-state index is 13.1. The van der Waals surface area contributed by atoms with Crippen LogP contribution in [0.15, 0.2) is 64.6 Å². The number of carbonyl (C=O) groups is 3. The van der Waals surface area contributed by atoms with Gasteiger partial charge in [0.25, 0.3) is 11.8 Å². The maximum Gasteiger partial charge on any atom is 0.335 e. The highest BCUT2D eigenvalue weighted by atomic mass is 79.9. The molecule has 1 aliphatic rings. The molecule has 9 heteroatoms. The van der Waals surface area contributed by atoms with Gasteiger partial charge in [-0.25, -0.2) is 9.69 Å². The number of nitrogens with zero attached hydrogens (tertiary/aromatic N) is 1. The van der Waals surface area contributed by atoms with E-state index < -0.39 is 17.8 Å². The summed E-state index contributed by atoms with van der Waals surface area (Å²) in [4.78, 5) is 38.7. The normalized spacial score (nSPS) is 14.9. The van der Waals surface area contributed by atoms with E-state index in [4.69, 9.17) is 27.9 Å². The molecule has 4 rings (SSSR count). The van der Waals surface area contributed by atoms with Crippen LogP contribution in [0.1, 0.15) is 22.3 Å². The van der Waals surface area contributed by atoms with Gasteiger partial charge in [-0.15, -0.1) is 0 Å². The van der Waals surface area contributed by atoms with Crippen LogP contribution in [0.2, 0.25) is 10.0 Å². The number of anilines is 1. The lowest BCUT2D eigenvalue weighted by molar-refractivity contribution is -0.122. The highest BCUT2D eigenvalue weighted by Crippen LogP contribution is 2.31. The number of aryl methyl sites for hydroxylation is 2. The highest BCUT2D eigenvalue weighted by Gasteiger charge is 2.37. The molecule has 3 aromatic rings. The Kier molecular flexibility index (Phi) is 7.31. The van der Waals surface area contributed by atoms with E-state index in [0.29, 0.717) is 22.4 Å². The van der Waals surface area contributed by atoms with Gasteiger partial charge in [0.05, 0.1) is 20.2 Å². The third kappa shape index (κ3) is 5.42. The average molecular weight is 574 g/mol. The topological polar surface area (TPSA) is 75.7 Å². The van der Waals surface area contributed by atoms with Crippen LogP contribution in [0.5, 0.6) is 5.75 Å². The van der Waals surface area contributed by atoms with Crippen LogP contribution >= 0.6 is 39.1 Å². The number of imide groups is 2. The molecule has 3 aromatic carbocycles. The van der Waals surface area contributed by atoms with Gasteiger partial charge >= 0.3 is 6.03 Å². The van der Waals surface area contributed by atoms with E-state index in [1.165, 1.54) is 35.4 Å². The fourth-order valence-corrected chi connectivity index (χ4v) is 4.26. The van der Waals surface area contributed by atoms with E-state index in [1.807, 2.05) is 6.07 Å². The van der Waals surface area contributed by atoms with Crippen LogP contribution < -0.4 is 15.0 Å². The molecule has 35 heavy (non-hydrogen) atoms. The van der Waals surface area contributed by atoms with Gasteiger partial charge in [0.2, 0.25) is 0 Å². The van der Waals surface area contributed by atoms with Gasteiger partial charge < -0.3 is 4.74 Å².